The van der Waals surface area contributed by atoms with Crippen LogP contribution in [-0.2, 0) is 6.54 Å². The van der Waals surface area contributed by atoms with Crippen molar-refractivity contribution in [1.29, 1.82) is 10.5 Å². The van der Waals surface area contributed by atoms with Gasteiger partial charge < -0.3 is 4.90 Å². The zero-order valence-corrected chi connectivity index (χ0v) is 24.0. The van der Waals surface area contributed by atoms with Crippen LogP contribution in [-0.4, -0.2) is 27.6 Å². The number of thiazole rings is 1. The van der Waals surface area contributed by atoms with Crippen LogP contribution in [0.2, 0.25) is 5.02 Å². The van der Waals surface area contributed by atoms with E-state index in [1.54, 1.807) is 4.57 Å². The van der Waals surface area contributed by atoms with E-state index in [1.807, 2.05) is 42.5 Å². The summed E-state index contributed by atoms with van der Waals surface area (Å²) in [6.45, 7) is 10.5. The van der Waals surface area contributed by atoms with Gasteiger partial charge in [-0.3, -0.25) is 4.57 Å². The fourth-order valence-electron chi connectivity index (χ4n) is 4.11. The van der Waals surface area contributed by atoms with Gasteiger partial charge in [-0.25, -0.2) is 4.98 Å². The minimum atomic E-state index is 0.0220. The molecule has 2 aromatic heterocycles. The molecule has 0 aliphatic rings. The van der Waals surface area contributed by atoms with E-state index in [1.165, 1.54) is 16.9 Å². The normalized spacial score (nSPS) is 11.9. The second-order valence-electron chi connectivity index (χ2n) is 9.00. The van der Waals surface area contributed by atoms with E-state index in [9.17, 15) is 10.5 Å². The Balaban J connectivity index is 1.75. The average molecular weight is 557 g/mol. The highest BCUT2D eigenvalue weighted by Crippen LogP contribution is 2.40. The first-order valence-corrected chi connectivity index (χ1v) is 14.0. The Morgan fingerprint density at radius 3 is 2.26 bits per heavy atom. The molecule has 10 heteroatoms. The van der Waals surface area contributed by atoms with Crippen LogP contribution >= 0.6 is 22.9 Å². The standard InChI is InChI=1S/C29H29ClN8S/c1-5-19(4)21-10-8-20(9-11-21)18-38-25(17-32)24(16-31)33-28(38)36-35-27-26(22-12-14-23(30)15-13-22)34-29(39-27)37(6-2)7-3/h8-15,19H,5-7,18H2,1-4H3/b36-35+. The molecule has 4 aromatic rings. The van der Waals surface area contributed by atoms with E-state index < -0.39 is 0 Å². The van der Waals surface area contributed by atoms with Gasteiger partial charge in [0.15, 0.2) is 21.5 Å². The summed E-state index contributed by atoms with van der Waals surface area (Å²) in [5, 5.41) is 30.5. The molecule has 0 radical (unpaired) electrons. The fourth-order valence-corrected chi connectivity index (χ4v) is 5.28. The van der Waals surface area contributed by atoms with Crippen LogP contribution in [0.25, 0.3) is 11.3 Å². The lowest BCUT2D eigenvalue weighted by molar-refractivity contribution is 0.730. The van der Waals surface area contributed by atoms with Crippen molar-refractivity contribution in [1.82, 2.24) is 14.5 Å². The number of azo groups is 1. The number of anilines is 1. The number of nitrogens with zero attached hydrogens (tertiary/aromatic N) is 8. The second-order valence-corrected chi connectivity index (χ2v) is 10.4. The number of hydrogen-bond acceptors (Lipinski definition) is 8. The van der Waals surface area contributed by atoms with Crippen molar-refractivity contribution in [3.63, 3.8) is 0 Å². The average Bonchev–Trinajstić information content (AvgIpc) is 3.53. The number of benzene rings is 2. The Kier molecular flexibility index (Phi) is 9.08. The lowest BCUT2D eigenvalue weighted by Gasteiger charge is -2.16. The number of rotatable bonds is 10. The minimum Gasteiger partial charge on any atom is -0.349 e. The molecule has 0 aliphatic carbocycles. The molecule has 0 saturated heterocycles. The molecule has 0 saturated carbocycles. The van der Waals surface area contributed by atoms with Crippen LogP contribution in [0.4, 0.5) is 16.1 Å². The SMILES string of the molecule is CCC(C)c1ccc(Cn2c(/N=N/c3sc(N(CC)CC)nc3-c3ccc(Cl)cc3)nc(C#N)c2C#N)cc1. The zero-order valence-electron chi connectivity index (χ0n) is 22.4. The lowest BCUT2D eigenvalue weighted by Crippen LogP contribution is -2.21. The summed E-state index contributed by atoms with van der Waals surface area (Å²) >= 11 is 7.54. The van der Waals surface area contributed by atoms with Crippen molar-refractivity contribution in [2.75, 3.05) is 18.0 Å². The summed E-state index contributed by atoms with van der Waals surface area (Å²) in [4.78, 5) is 11.3. The highest BCUT2D eigenvalue weighted by molar-refractivity contribution is 7.19. The van der Waals surface area contributed by atoms with Crippen LogP contribution in [0, 0.1) is 22.7 Å². The van der Waals surface area contributed by atoms with Gasteiger partial charge in [-0.1, -0.05) is 73.2 Å². The van der Waals surface area contributed by atoms with Crippen molar-refractivity contribution < 1.29 is 0 Å². The summed E-state index contributed by atoms with van der Waals surface area (Å²) in [5.74, 6) is 0.654. The molecule has 0 aliphatic heterocycles. The van der Waals surface area contributed by atoms with E-state index in [0.717, 1.165) is 35.8 Å². The Morgan fingerprint density at radius 2 is 1.67 bits per heavy atom. The monoisotopic (exact) mass is 556 g/mol. The molecule has 1 atom stereocenters. The molecule has 2 aromatic carbocycles. The van der Waals surface area contributed by atoms with Gasteiger partial charge in [-0.05, 0) is 49.4 Å². The molecule has 8 nitrogen and oxygen atoms in total. The van der Waals surface area contributed by atoms with Gasteiger partial charge in [-0.15, -0.1) is 10.2 Å². The van der Waals surface area contributed by atoms with Crippen molar-refractivity contribution in [3.8, 4) is 23.4 Å². The van der Waals surface area contributed by atoms with Crippen LogP contribution in [0.5, 0.6) is 0 Å². The summed E-state index contributed by atoms with van der Waals surface area (Å²) in [6, 6.07) is 19.8. The molecule has 0 amide bonds. The summed E-state index contributed by atoms with van der Waals surface area (Å²) in [7, 11) is 0. The molecule has 4 rings (SSSR count). The van der Waals surface area contributed by atoms with Gasteiger partial charge in [0.2, 0.25) is 0 Å². The van der Waals surface area contributed by atoms with Crippen LogP contribution in [0.3, 0.4) is 0 Å². The Labute approximate surface area is 237 Å². The smallest absolute Gasteiger partial charge is 0.252 e. The fraction of sp³-hybridized carbons (Fsp3) is 0.310. The van der Waals surface area contributed by atoms with Gasteiger partial charge in [-0.2, -0.15) is 15.5 Å². The molecule has 0 N–H and O–H groups in total. The molecular weight excluding hydrogens is 528 g/mol. The van der Waals surface area contributed by atoms with Crippen molar-refractivity contribution in [2.45, 2.75) is 46.6 Å². The molecule has 39 heavy (non-hydrogen) atoms. The van der Waals surface area contributed by atoms with Crippen molar-refractivity contribution in [3.05, 3.63) is 76.1 Å². The summed E-state index contributed by atoms with van der Waals surface area (Å²) in [5.41, 5.74) is 3.96. The van der Waals surface area contributed by atoms with Gasteiger partial charge >= 0.3 is 0 Å². The largest absolute Gasteiger partial charge is 0.349 e. The predicted molar refractivity (Wildman–Crippen MR) is 156 cm³/mol. The molecule has 1 unspecified atom stereocenters. The van der Waals surface area contributed by atoms with Crippen LogP contribution in [0.1, 0.15) is 62.5 Å². The number of imidazole rings is 1. The van der Waals surface area contributed by atoms with Gasteiger partial charge in [0.1, 0.15) is 17.8 Å². The maximum Gasteiger partial charge on any atom is 0.252 e. The lowest BCUT2D eigenvalue weighted by atomic mass is 9.98. The van der Waals surface area contributed by atoms with E-state index in [4.69, 9.17) is 16.6 Å². The topological polar surface area (TPSA) is 106 Å². The molecule has 2 heterocycles. The van der Waals surface area contributed by atoms with E-state index in [2.05, 4.69) is 66.0 Å². The highest BCUT2D eigenvalue weighted by atomic mass is 35.5. The van der Waals surface area contributed by atoms with Gasteiger partial charge in [0.25, 0.3) is 5.95 Å². The maximum absolute atomic E-state index is 9.83. The van der Waals surface area contributed by atoms with Crippen LogP contribution in [0.15, 0.2) is 58.8 Å². The molecule has 198 valence electrons. The third kappa shape index (κ3) is 6.17. The van der Waals surface area contributed by atoms with E-state index in [0.29, 0.717) is 28.2 Å². The first-order valence-electron chi connectivity index (χ1n) is 12.8. The third-order valence-corrected chi connectivity index (χ3v) is 7.89. The Morgan fingerprint density at radius 1 is 0.974 bits per heavy atom. The quantitative estimate of drug-likeness (QED) is 0.183. The first-order chi connectivity index (χ1) is 18.9. The number of hydrogen-bond donors (Lipinski definition) is 0. The van der Waals surface area contributed by atoms with Crippen molar-refractivity contribution >= 4 is 39.0 Å². The van der Waals surface area contributed by atoms with Gasteiger partial charge in [0.05, 0.1) is 6.54 Å². The van der Waals surface area contributed by atoms with Crippen LogP contribution < -0.4 is 4.90 Å². The van der Waals surface area contributed by atoms with Gasteiger partial charge in [0, 0.05) is 23.7 Å². The van der Waals surface area contributed by atoms with E-state index >= 15 is 0 Å². The predicted octanol–water partition coefficient (Wildman–Crippen LogP) is 8.23. The maximum atomic E-state index is 9.83. The van der Waals surface area contributed by atoms with E-state index in [-0.39, 0.29) is 17.3 Å². The summed E-state index contributed by atoms with van der Waals surface area (Å²) in [6.07, 6.45) is 1.06. The second kappa shape index (κ2) is 12.7. The third-order valence-electron chi connectivity index (χ3n) is 6.64. The zero-order chi connectivity index (χ0) is 27.9. The molecule has 0 fully saturated rings. The number of nitriles is 2. The molecule has 0 bridgehead atoms. The number of aromatic nitrogens is 3. The number of halogens is 1. The highest BCUT2D eigenvalue weighted by Gasteiger charge is 2.20. The molecule has 0 spiro atoms. The Bertz CT molecular complexity index is 1530. The summed E-state index contributed by atoms with van der Waals surface area (Å²) < 4.78 is 1.63. The minimum absolute atomic E-state index is 0.0220. The molecular formula is C29H29ClN8S. The Hall–Kier alpha value is -4.05. The first kappa shape index (κ1) is 28.0. The van der Waals surface area contributed by atoms with Crippen molar-refractivity contribution in [2.24, 2.45) is 10.2 Å².